The molecule has 0 atom stereocenters. The average Bonchev–Trinajstić information content (AvgIpc) is 2.05. The second-order valence-electron chi connectivity index (χ2n) is 2.63. The molecule has 0 bridgehead atoms. The molecule has 1 aliphatic heterocycles. The lowest BCUT2D eigenvalue weighted by Gasteiger charge is -2.09. The van der Waals surface area contributed by atoms with Crippen molar-refractivity contribution in [2.75, 3.05) is 6.54 Å². The van der Waals surface area contributed by atoms with Crippen LogP contribution in [0.2, 0.25) is 0 Å². The van der Waals surface area contributed by atoms with E-state index in [1.165, 1.54) is 5.57 Å². The van der Waals surface area contributed by atoms with Crippen LogP contribution in [0.15, 0.2) is 33.3 Å². The fourth-order valence-corrected chi connectivity index (χ4v) is 1.19. The zero-order chi connectivity index (χ0) is 8.97. The van der Waals surface area contributed by atoms with Crippen molar-refractivity contribution in [3.05, 3.63) is 23.3 Å². The minimum Gasteiger partial charge on any atom is -0.267 e. The van der Waals surface area contributed by atoms with Gasteiger partial charge in [-0.25, -0.2) is 4.99 Å². The molecule has 1 aliphatic rings. The minimum absolute atomic E-state index is 0.789. The first-order chi connectivity index (χ1) is 5.79. The van der Waals surface area contributed by atoms with Crippen LogP contribution >= 0.6 is 0 Å². The van der Waals surface area contributed by atoms with E-state index in [1.807, 2.05) is 19.9 Å². The van der Waals surface area contributed by atoms with Gasteiger partial charge in [0.25, 0.3) is 0 Å². The summed E-state index contributed by atoms with van der Waals surface area (Å²) in [6, 6.07) is 0. The molecule has 0 amide bonds. The van der Waals surface area contributed by atoms with Gasteiger partial charge < -0.3 is 0 Å². The third kappa shape index (κ3) is 1.70. The Morgan fingerprint density at radius 3 is 2.92 bits per heavy atom. The Balaban J connectivity index is 3.01. The van der Waals surface area contributed by atoms with Gasteiger partial charge in [-0.15, -0.1) is 0 Å². The fourth-order valence-electron chi connectivity index (χ4n) is 1.19. The summed E-state index contributed by atoms with van der Waals surface area (Å²) in [7, 11) is 0. The molecule has 0 fully saturated rings. The lowest BCUT2D eigenvalue weighted by atomic mass is 10.0. The molecule has 0 N–H and O–H groups in total. The van der Waals surface area contributed by atoms with Crippen molar-refractivity contribution in [3.63, 3.8) is 0 Å². The first-order valence-electron chi connectivity index (χ1n) is 4.22. The summed E-state index contributed by atoms with van der Waals surface area (Å²) in [5.74, 6) is 0.861. The van der Waals surface area contributed by atoms with Gasteiger partial charge in [-0.05, 0) is 32.4 Å². The van der Waals surface area contributed by atoms with Crippen LogP contribution in [0.4, 0.5) is 0 Å². The molecule has 1 rings (SSSR count). The molecule has 0 unspecified atom stereocenters. The van der Waals surface area contributed by atoms with E-state index in [1.54, 1.807) is 6.21 Å². The van der Waals surface area contributed by atoms with Gasteiger partial charge in [0.2, 0.25) is 0 Å². The summed E-state index contributed by atoms with van der Waals surface area (Å²) >= 11 is 0. The standard InChI is InChI=1S/C10H14N2/c1-4-9-8(3)6-7-12-10(9)11-5-2/h4,6-7H,5H2,1-3H3/b9-4-,11-10?. The number of amidine groups is 1. The zero-order valence-electron chi connectivity index (χ0n) is 7.83. The Morgan fingerprint density at radius 2 is 2.33 bits per heavy atom. The van der Waals surface area contributed by atoms with E-state index < -0.39 is 0 Å². The number of hydrogen-bond donors (Lipinski definition) is 0. The highest BCUT2D eigenvalue weighted by molar-refractivity contribution is 6.10. The maximum Gasteiger partial charge on any atom is 0.154 e. The van der Waals surface area contributed by atoms with Crippen LogP contribution in [0, 0.1) is 0 Å². The Morgan fingerprint density at radius 1 is 1.58 bits per heavy atom. The number of rotatable bonds is 1. The Hall–Kier alpha value is -1.18. The topological polar surface area (TPSA) is 24.7 Å². The van der Waals surface area contributed by atoms with Crippen LogP contribution in [0.25, 0.3) is 0 Å². The Bertz CT molecular complexity index is 280. The lowest BCUT2D eigenvalue weighted by molar-refractivity contribution is 1.12. The summed E-state index contributed by atoms with van der Waals surface area (Å²) < 4.78 is 0. The minimum atomic E-state index is 0.789. The first kappa shape index (κ1) is 8.91. The van der Waals surface area contributed by atoms with Crippen molar-refractivity contribution in [3.8, 4) is 0 Å². The van der Waals surface area contributed by atoms with E-state index in [2.05, 4.69) is 23.0 Å². The van der Waals surface area contributed by atoms with Gasteiger partial charge in [0.05, 0.1) is 0 Å². The largest absolute Gasteiger partial charge is 0.267 e. The molecule has 0 aromatic rings. The molecule has 2 heteroatoms. The summed E-state index contributed by atoms with van der Waals surface area (Å²) in [6.07, 6.45) is 5.86. The predicted octanol–water partition coefficient (Wildman–Crippen LogP) is 2.38. The normalized spacial score (nSPS) is 23.4. The zero-order valence-corrected chi connectivity index (χ0v) is 7.83. The SMILES string of the molecule is C/C=C1/C(C)=CC=NC1=NCC. The summed E-state index contributed by atoms with van der Waals surface area (Å²) in [5, 5.41) is 0. The van der Waals surface area contributed by atoms with Crippen LogP contribution in [-0.2, 0) is 0 Å². The third-order valence-corrected chi connectivity index (χ3v) is 1.78. The van der Waals surface area contributed by atoms with E-state index >= 15 is 0 Å². The van der Waals surface area contributed by atoms with Crippen LogP contribution in [0.5, 0.6) is 0 Å². The van der Waals surface area contributed by atoms with Crippen LogP contribution in [0.3, 0.4) is 0 Å². The highest BCUT2D eigenvalue weighted by atomic mass is 14.9. The fraction of sp³-hybridized carbons (Fsp3) is 0.400. The molecule has 12 heavy (non-hydrogen) atoms. The summed E-state index contributed by atoms with van der Waals surface area (Å²) in [5.41, 5.74) is 2.39. The van der Waals surface area contributed by atoms with Crippen molar-refractivity contribution in [2.24, 2.45) is 9.98 Å². The first-order valence-corrected chi connectivity index (χ1v) is 4.22. The second-order valence-corrected chi connectivity index (χ2v) is 2.63. The summed E-state index contributed by atoms with van der Waals surface area (Å²) in [6.45, 7) is 6.89. The quantitative estimate of drug-likeness (QED) is 0.565. The van der Waals surface area contributed by atoms with Gasteiger partial charge in [-0.1, -0.05) is 6.08 Å². The number of nitrogens with zero attached hydrogens (tertiary/aromatic N) is 2. The van der Waals surface area contributed by atoms with Crippen molar-refractivity contribution < 1.29 is 0 Å². The maximum atomic E-state index is 4.30. The monoisotopic (exact) mass is 162 g/mol. The van der Waals surface area contributed by atoms with Crippen LogP contribution < -0.4 is 0 Å². The molecule has 0 saturated carbocycles. The van der Waals surface area contributed by atoms with Crippen molar-refractivity contribution in [2.45, 2.75) is 20.8 Å². The van der Waals surface area contributed by atoms with E-state index in [0.717, 1.165) is 18.0 Å². The average molecular weight is 162 g/mol. The number of hydrogen-bond acceptors (Lipinski definition) is 1. The summed E-state index contributed by atoms with van der Waals surface area (Å²) in [4.78, 5) is 8.50. The molecule has 0 spiro atoms. The molecule has 0 radical (unpaired) electrons. The lowest BCUT2D eigenvalue weighted by Crippen LogP contribution is -2.06. The molecule has 0 aromatic heterocycles. The van der Waals surface area contributed by atoms with Gasteiger partial charge in [-0.2, -0.15) is 0 Å². The molecule has 0 saturated heterocycles. The molecular weight excluding hydrogens is 148 g/mol. The number of aliphatic imine (C=N–C) groups is 2. The molecule has 64 valence electrons. The van der Waals surface area contributed by atoms with Gasteiger partial charge in [0.15, 0.2) is 5.84 Å². The second kappa shape index (κ2) is 4.00. The molecule has 0 aliphatic carbocycles. The smallest absolute Gasteiger partial charge is 0.154 e. The van der Waals surface area contributed by atoms with E-state index in [4.69, 9.17) is 0 Å². The van der Waals surface area contributed by atoms with E-state index in [0.29, 0.717) is 0 Å². The van der Waals surface area contributed by atoms with Crippen LogP contribution in [0.1, 0.15) is 20.8 Å². The maximum absolute atomic E-state index is 4.30. The van der Waals surface area contributed by atoms with Gasteiger partial charge in [0.1, 0.15) is 0 Å². The van der Waals surface area contributed by atoms with Crippen LogP contribution in [-0.4, -0.2) is 18.6 Å². The highest BCUT2D eigenvalue weighted by Gasteiger charge is 2.08. The molecule has 1 heterocycles. The molecule has 2 nitrogen and oxygen atoms in total. The van der Waals surface area contributed by atoms with Crippen molar-refractivity contribution in [1.82, 2.24) is 0 Å². The van der Waals surface area contributed by atoms with E-state index in [-0.39, 0.29) is 0 Å². The predicted molar refractivity (Wildman–Crippen MR) is 54.0 cm³/mol. The Kier molecular flexibility index (Phi) is 2.97. The number of allylic oxidation sites excluding steroid dienone is 2. The van der Waals surface area contributed by atoms with E-state index in [9.17, 15) is 0 Å². The highest BCUT2D eigenvalue weighted by Crippen LogP contribution is 2.14. The van der Waals surface area contributed by atoms with Gasteiger partial charge in [0, 0.05) is 18.3 Å². The third-order valence-electron chi connectivity index (χ3n) is 1.78. The molecular formula is C10H14N2. The van der Waals surface area contributed by atoms with Gasteiger partial charge in [-0.3, -0.25) is 4.99 Å². The van der Waals surface area contributed by atoms with Crippen molar-refractivity contribution in [1.29, 1.82) is 0 Å². The van der Waals surface area contributed by atoms with Crippen molar-refractivity contribution >= 4 is 12.1 Å². The Labute approximate surface area is 73.4 Å². The van der Waals surface area contributed by atoms with Gasteiger partial charge >= 0.3 is 0 Å². The molecule has 0 aromatic carbocycles. The number of dihydropyridines is 1.